The lowest BCUT2D eigenvalue weighted by Crippen LogP contribution is -2.37. The minimum Gasteiger partial charge on any atom is -0.370 e. The van der Waals surface area contributed by atoms with E-state index in [1.807, 2.05) is 43.9 Å². The molecule has 0 spiro atoms. The number of hydrogen-bond acceptors (Lipinski definition) is 2. The van der Waals surface area contributed by atoms with Gasteiger partial charge in [0.2, 0.25) is 0 Å². The highest BCUT2D eigenvalue weighted by Crippen LogP contribution is 2.03. The Bertz CT molecular complexity index is 385. The Morgan fingerprint density at radius 3 is 2.71 bits per heavy atom. The molecule has 0 fully saturated rings. The number of rotatable bonds is 4. The van der Waals surface area contributed by atoms with Gasteiger partial charge in [0, 0.05) is 18.3 Å². The first-order valence-electron chi connectivity index (χ1n) is 6.03. The third-order valence-electron chi connectivity index (χ3n) is 2.40. The SMILES string of the molecule is CCN(Cc1cccc(C)n1)C(N)=NC(C)C. The molecule has 2 N–H and O–H groups in total. The van der Waals surface area contributed by atoms with E-state index in [0.29, 0.717) is 12.5 Å². The van der Waals surface area contributed by atoms with Crippen molar-refractivity contribution in [3.8, 4) is 0 Å². The lowest BCUT2D eigenvalue weighted by molar-refractivity contribution is 0.420. The molecule has 0 saturated heterocycles. The van der Waals surface area contributed by atoms with Crippen LogP contribution in [0.1, 0.15) is 32.2 Å². The molecule has 0 radical (unpaired) electrons. The highest BCUT2D eigenvalue weighted by atomic mass is 15.3. The molecule has 0 atom stereocenters. The van der Waals surface area contributed by atoms with Crippen LogP contribution in [0.5, 0.6) is 0 Å². The van der Waals surface area contributed by atoms with Crippen LogP contribution in [0.15, 0.2) is 23.2 Å². The van der Waals surface area contributed by atoms with Gasteiger partial charge in [0.25, 0.3) is 0 Å². The molecule has 4 nitrogen and oxygen atoms in total. The third kappa shape index (κ3) is 4.43. The lowest BCUT2D eigenvalue weighted by atomic mass is 10.3. The lowest BCUT2D eigenvalue weighted by Gasteiger charge is -2.22. The molecule has 0 aromatic carbocycles. The number of nitrogens with two attached hydrogens (primary N) is 1. The summed E-state index contributed by atoms with van der Waals surface area (Å²) in [6, 6.07) is 6.24. The fourth-order valence-electron chi connectivity index (χ4n) is 1.58. The number of aliphatic imine (C=N–C) groups is 1. The first-order chi connectivity index (χ1) is 8.02. The summed E-state index contributed by atoms with van der Waals surface area (Å²) in [7, 11) is 0. The van der Waals surface area contributed by atoms with E-state index in [1.165, 1.54) is 0 Å². The summed E-state index contributed by atoms with van der Waals surface area (Å²) in [5, 5.41) is 0. The number of aryl methyl sites for hydroxylation is 1. The Morgan fingerprint density at radius 2 is 2.18 bits per heavy atom. The molecule has 1 aromatic heterocycles. The van der Waals surface area contributed by atoms with E-state index >= 15 is 0 Å². The van der Waals surface area contributed by atoms with Crippen LogP contribution in [-0.2, 0) is 6.54 Å². The van der Waals surface area contributed by atoms with Gasteiger partial charge in [0.05, 0.1) is 12.2 Å². The van der Waals surface area contributed by atoms with E-state index in [2.05, 4.69) is 16.9 Å². The van der Waals surface area contributed by atoms with E-state index in [9.17, 15) is 0 Å². The first-order valence-corrected chi connectivity index (χ1v) is 6.03. The number of aromatic nitrogens is 1. The zero-order valence-electron chi connectivity index (χ0n) is 11.1. The van der Waals surface area contributed by atoms with Crippen LogP contribution in [0.4, 0.5) is 0 Å². The fraction of sp³-hybridized carbons (Fsp3) is 0.538. The Labute approximate surface area is 104 Å². The summed E-state index contributed by atoms with van der Waals surface area (Å²) in [6.07, 6.45) is 0. The van der Waals surface area contributed by atoms with Crippen molar-refractivity contribution in [1.82, 2.24) is 9.88 Å². The molecule has 0 saturated carbocycles. The van der Waals surface area contributed by atoms with E-state index in [4.69, 9.17) is 5.73 Å². The van der Waals surface area contributed by atoms with E-state index in [1.54, 1.807) is 0 Å². The summed E-state index contributed by atoms with van der Waals surface area (Å²) in [5.41, 5.74) is 8.01. The molecular formula is C13H22N4. The summed E-state index contributed by atoms with van der Waals surface area (Å²) < 4.78 is 0. The predicted molar refractivity (Wildman–Crippen MR) is 71.8 cm³/mol. The normalized spacial score (nSPS) is 11.9. The monoisotopic (exact) mass is 234 g/mol. The van der Waals surface area contributed by atoms with Gasteiger partial charge >= 0.3 is 0 Å². The van der Waals surface area contributed by atoms with Crippen molar-refractivity contribution >= 4 is 5.96 Å². The standard InChI is InChI=1S/C13H22N4/c1-5-17(13(14)15-10(2)3)9-12-8-6-7-11(4)16-12/h6-8,10H,5,9H2,1-4H3,(H2,14,15). The topological polar surface area (TPSA) is 54.5 Å². The zero-order chi connectivity index (χ0) is 12.8. The minimum atomic E-state index is 0.217. The summed E-state index contributed by atoms with van der Waals surface area (Å²) in [5.74, 6) is 0.589. The van der Waals surface area contributed by atoms with Crippen LogP contribution in [-0.4, -0.2) is 28.4 Å². The van der Waals surface area contributed by atoms with Gasteiger partial charge in [-0.05, 0) is 39.8 Å². The molecule has 0 unspecified atom stereocenters. The molecule has 0 aliphatic heterocycles. The second kappa shape index (κ2) is 6.23. The Balaban J connectivity index is 2.76. The van der Waals surface area contributed by atoms with Crippen molar-refractivity contribution in [2.75, 3.05) is 6.54 Å². The van der Waals surface area contributed by atoms with Crippen LogP contribution in [0, 0.1) is 6.92 Å². The van der Waals surface area contributed by atoms with Crippen molar-refractivity contribution in [1.29, 1.82) is 0 Å². The van der Waals surface area contributed by atoms with Crippen LogP contribution in [0.3, 0.4) is 0 Å². The maximum atomic E-state index is 5.96. The van der Waals surface area contributed by atoms with Gasteiger partial charge in [0.1, 0.15) is 0 Å². The van der Waals surface area contributed by atoms with Gasteiger partial charge in [-0.2, -0.15) is 0 Å². The van der Waals surface area contributed by atoms with Gasteiger partial charge in [-0.3, -0.25) is 9.98 Å². The molecule has 0 aliphatic carbocycles. The highest BCUT2D eigenvalue weighted by Gasteiger charge is 2.08. The van der Waals surface area contributed by atoms with Gasteiger partial charge in [0.15, 0.2) is 5.96 Å². The van der Waals surface area contributed by atoms with Crippen LogP contribution in [0.25, 0.3) is 0 Å². The Kier molecular flexibility index (Phi) is 4.94. The number of guanidine groups is 1. The summed E-state index contributed by atoms with van der Waals surface area (Å²) >= 11 is 0. The molecule has 1 rings (SSSR count). The van der Waals surface area contributed by atoms with Gasteiger partial charge in [-0.25, -0.2) is 0 Å². The van der Waals surface area contributed by atoms with Crippen molar-refractivity contribution in [3.63, 3.8) is 0 Å². The molecule has 94 valence electrons. The molecule has 1 heterocycles. The Hall–Kier alpha value is -1.58. The minimum absolute atomic E-state index is 0.217. The molecular weight excluding hydrogens is 212 g/mol. The van der Waals surface area contributed by atoms with Crippen LogP contribution >= 0.6 is 0 Å². The van der Waals surface area contributed by atoms with E-state index in [-0.39, 0.29) is 6.04 Å². The summed E-state index contributed by atoms with van der Waals surface area (Å²) in [4.78, 5) is 10.9. The molecule has 17 heavy (non-hydrogen) atoms. The number of hydrogen-bond donors (Lipinski definition) is 1. The zero-order valence-corrected chi connectivity index (χ0v) is 11.1. The number of pyridine rings is 1. The van der Waals surface area contributed by atoms with Gasteiger partial charge in [-0.1, -0.05) is 6.07 Å². The fourth-order valence-corrected chi connectivity index (χ4v) is 1.58. The predicted octanol–water partition coefficient (Wildman–Crippen LogP) is 1.94. The first kappa shape index (κ1) is 13.5. The van der Waals surface area contributed by atoms with Crippen LogP contribution in [0.2, 0.25) is 0 Å². The largest absolute Gasteiger partial charge is 0.370 e. The number of nitrogens with zero attached hydrogens (tertiary/aromatic N) is 3. The van der Waals surface area contributed by atoms with Crippen LogP contribution < -0.4 is 5.73 Å². The van der Waals surface area contributed by atoms with Crippen molar-refractivity contribution in [2.45, 2.75) is 40.3 Å². The molecule has 1 aromatic rings. The van der Waals surface area contributed by atoms with E-state index < -0.39 is 0 Å². The quantitative estimate of drug-likeness (QED) is 0.640. The highest BCUT2D eigenvalue weighted by molar-refractivity contribution is 5.78. The molecule has 0 bridgehead atoms. The molecule has 4 heteroatoms. The maximum Gasteiger partial charge on any atom is 0.191 e. The molecule has 0 aliphatic rings. The smallest absolute Gasteiger partial charge is 0.191 e. The van der Waals surface area contributed by atoms with Gasteiger partial charge < -0.3 is 10.6 Å². The van der Waals surface area contributed by atoms with Crippen molar-refractivity contribution in [3.05, 3.63) is 29.6 Å². The van der Waals surface area contributed by atoms with Crippen molar-refractivity contribution in [2.24, 2.45) is 10.7 Å². The Morgan fingerprint density at radius 1 is 1.47 bits per heavy atom. The average Bonchev–Trinajstić information content (AvgIpc) is 2.24. The maximum absolute atomic E-state index is 5.96. The van der Waals surface area contributed by atoms with Gasteiger partial charge in [-0.15, -0.1) is 0 Å². The molecule has 0 amide bonds. The second-order valence-electron chi connectivity index (χ2n) is 4.37. The summed E-state index contributed by atoms with van der Waals surface area (Å²) in [6.45, 7) is 9.64. The van der Waals surface area contributed by atoms with Crippen molar-refractivity contribution < 1.29 is 0 Å². The van der Waals surface area contributed by atoms with E-state index in [0.717, 1.165) is 17.9 Å². The third-order valence-corrected chi connectivity index (χ3v) is 2.40. The average molecular weight is 234 g/mol. The second-order valence-corrected chi connectivity index (χ2v) is 4.37.